The SMILES string of the molecule is CCCCCCCCCCCCCCCCCC(O)C(C)C(=O)O. The second kappa shape index (κ2) is 17.3. The second-order valence-corrected chi connectivity index (χ2v) is 7.43. The molecule has 0 heterocycles. The summed E-state index contributed by atoms with van der Waals surface area (Å²) in [5.74, 6) is -1.54. The molecule has 0 amide bonds. The van der Waals surface area contributed by atoms with Gasteiger partial charge in [-0.2, -0.15) is 0 Å². The van der Waals surface area contributed by atoms with Gasteiger partial charge in [0, 0.05) is 0 Å². The van der Waals surface area contributed by atoms with Gasteiger partial charge in [-0.3, -0.25) is 4.79 Å². The minimum atomic E-state index is -0.900. The third-order valence-corrected chi connectivity index (χ3v) is 5.07. The molecular formula is C21H42O3. The number of carbonyl (C=O) groups is 1. The molecule has 2 atom stereocenters. The van der Waals surface area contributed by atoms with E-state index in [-0.39, 0.29) is 0 Å². The van der Waals surface area contributed by atoms with Gasteiger partial charge in [0.05, 0.1) is 12.0 Å². The van der Waals surface area contributed by atoms with Crippen LogP contribution in [0.15, 0.2) is 0 Å². The highest BCUT2D eigenvalue weighted by molar-refractivity contribution is 5.70. The predicted octanol–water partition coefficient (Wildman–Crippen LogP) is 6.33. The van der Waals surface area contributed by atoms with Crippen molar-refractivity contribution in [1.29, 1.82) is 0 Å². The van der Waals surface area contributed by atoms with Crippen molar-refractivity contribution in [3.05, 3.63) is 0 Å². The van der Waals surface area contributed by atoms with E-state index in [1.54, 1.807) is 6.92 Å². The van der Waals surface area contributed by atoms with Gasteiger partial charge in [-0.25, -0.2) is 0 Å². The van der Waals surface area contributed by atoms with Crippen molar-refractivity contribution in [2.75, 3.05) is 0 Å². The first-order valence-corrected chi connectivity index (χ1v) is 10.5. The summed E-state index contributed by atoms with van der Waals surface area (Å²) in [6.07, 6.45) is 19.8. The first kappa shape index (κ1) is 23.4. The van der Waals surface area contributed by atoms with Crippen LogP contribution in [0.25, 0.3) is 0 Å². The molecule has 0 aliphatic heterocycles. The van der Waals surface area contributed by atoms with Crippen LogP contribution < -0.4 is 0 Å². The van der Waals surface area contributed by atoms with Crippen LogP contribution in [-0.2, 0) is 4.79 Å². The maximum Gasteiger partial charge on any atom is 0.308 e. The number of aliphatic hydroxyl groups excluding tert-OH is 1. The molecule has 0 aromatic heterocycles. The number of unbranched alkanes of at least 4 members (excludes halogenated alkanes) is 14. The summed E-state index contributed by atoms with van der Waals surface area (Å²) in [6.45, 7) is 3.85. The average Bonchev–Trinajstić information content (AvgIpc) is 2.57. The monoisotopic (exact) mass is 342 g/mol. The Hall–Kier alpha value is -0.570. The van der Waals surface area contributed by atoms with Crippen LogP contribution in [0.5, 0.6) is 0 Å². The molecule has 0 saturated carbocycles. The van der Waals surface area contributed by atoms with E-state index >= 15 is 0 Å². The maximum atomic E-state index is 10.7. The fraction of sp³-hybridized carbons (Fsp3) is 0.952. The Labute approximate surface area is 150 Å². The Kier molecular flexibility index (Phi) is 16.8. The minimum absolute atomic E-state index is 0.617. The number of rotatable bonds is 18. The standard InChI is InChI=1S/C21H42O3/c1-3-4-5-6-7-8-9-10-11-12-13-14-15-16-17-18-20(22)19(2)21(23)24/h19-20,22H,3-18H2,1-2H3,(H,23,24). The van der Waals surface area contributed by atoms with Crippen LogP contribution in [0.4, 0.5) is 0 Å². The first-order valence-electron chi connectivity index (χ1n) is 10.5. The summed E-state index contributed by atoms with van der Waals surface area (Å²) in [7, 11) is 0. The molecule has 0 bridgehead atoms. The highest BCUT2D eigenvalue weighted by Gasteiger charge is 2.20. The number of aliphatic carboxylic acids is 1. The second-order valence-electron chi connectivity index (χ2n) is 7.43. The summed E-state index contributed by atoms with van der Waals surface area (Å²) in [5.41, 5.74) is 0. The van der Waals surface area contributed by atoms with Gasteiger partial charge < -0.3 is 10.2 Å². The van der Waals surface area contributed by atoms with Gasteiger partial charge in [0.2, 0.25) is 0 Å². The van der Waals surface area contributed by atoms with Crippen molar-refractivity contribution >= 4 is 5.97 Å². The Morgan fingerprint density at radius 2 is 1.04 bits per heavy atom. The Balaban J connectivity index is 3.16. The van der Waals surface area contributed by atoms with E-state index in [1.807, 2.05) is 0 Å². The molecular weight excluding hydrogens is 300 g/mol. The molecule has 0 aromatic rings. The van der Waals surface area contributed by atoms with Crippen LogP contribution in [0.1, 0.15) is 117 Å². The van der Waals surface area contributed by atoms with Gasteiger partial charge in [-0.15, -0.1) is 0 Å². The highest BCUT2D eigenvalue weighted by atomic mass is 16.4. The lowest BCUT2D eigenvalue weighted by Crippen LogP contribution is -2.25. The molecule has 0 spiro atoms. The van der Waals surface area contributed by atoms with Crippen molar-refractivity contribution in [2.24, 2.45) is 5.92 Å². The molecule has 0 aromatic carbocycles. The summed E-state index contributed by atoms with van der Waals surface area (Å²) in [6, 6.07) is 0. The Morgan fingerprint density at radius 3 is 1.38 bits per heavy atom. The minimum Gasteiger partial charge on any atom is -0.481 e. The van der Waals surface area contributed by atoms with E-state index in [0.29, 0.717) is 6.42 Å². The van der Waals surface area contributed by atoms with Crippen molar-refractivity contribution in [1.82, 2.24) is 0 Å². The summed E-state index contributed by atoms with van der Waals surface area (Å²) >= 11 is 0. The first-order chi connectivity index (χ1) is 11.6. The number of hydrogen-bond acceptors (Lipinski definition) is 2. The molecule has 2 N–H and O–H groups in total. The quantitative estimate of drug-likeness (QED) is 0.286. The van der Waals surface area contributed by atoms with Gasteiger partial charge >= 0.3 is 5.97 Å². The van der Waals surface area contributed by atoms with E-state index in [1.165, 1.54) is 83.5 Å². The lowest BCUT2D eigenvalue weighted by atomic mass is 9.98. The van der Waals surface area contributed by atoms with E-state index < -0.39 is 18.0 Å². The predicted molar refractivity (Wildman–Crippen MR) is 102 cm³/mol. The fourth-order valence-corrected chi connectivity index (χ4v) is 3.14. The molecule has 144 valence electrons. The largest absolute Gasteiger partial charge is 0.481 e. The molecule has 0 radical (unpaired) electrons. The van der Waals surface area contributed by atoms with Crippen molar-refractivity contribution in [3.63, 3.8) is 0 Å². The molecule has 0 aliphatic carbocycles. The Morgan fingerprint density at radius 1 is 0.708 bits per heavy atom. The smallest absolute Gasteiger partial charge is 0.308 e. The molecule has 0 fully saturated rings. The number of aliphatic hydroxyl groups is 1. The lowest BCUT2D eigenvalue weighted by Gasteiger charge is -2.14. The number of carboxylic acids is 1. The highest BCUT2D eigenvalue weighted by Crippen LogP contribution is 2.15. The van der Waals surface area contributed by atoms with Crippen molar-refractivity contribution in [2.45, 2.75) is 123 Å². The van der Waals surface area contributed by atoms with Gasteiger partial charge in [0.25, 0.3) is 0 Å². The molecule has 3 heteroatoms. The molecule has 0 rings (SSSR count). The topological polar surface area (TPSA) is 57.5 Å². The average molecular weight is 343 g/mol. The van der Waals surface area contributed by atoms with Gasteiger partial charge in [-0.05, 0) is 13.3 Å². The van der Waals surface area contributed by atoms with Crippen LogP contribution >= 0.6 is 0 Å². The van der Waals surface area contributed by atoms with Crippen LogP contribution in [0, 0.1) is 5.92 Å². The number of carboxylic acid groups (broad SMARTS) is 1. The molecule has 0 saturated heterocycles. The van der Waals surface area contributed by atoms with Crippen LogP contribution in [0.2, 0.25) is 0 Å². The zero-order valence-corrected chi connectivity index (χ0v) is 16.3. The van der Waals surface area contributed by atoms with Gasteiger partial charge in [0.1, 0.15) is 0 Å². The normalized spacial score (nSPS) is 13.8. The van der Waals surface area contributed by atoms with Crippen LogP contribution in [0.3, 0.4) is 0 Å². The van der Waals surface area contributed by atoms with E-state index in [9.17, 15) is 9.90 Å². The van der Waals surface area contributed by atoms with E-state index in [4.69, 9.17) is 5.11 Å². The lowest BCUT2D eigenvalue weighted by molar-refractivity contribution is -0.144. The zero-order chi connectivity index (χ0) is 18.0. The Bertz CT molecular complexity index is 278. The summed E-state index contributed by atoms with van der Waals surface area (Å²) in [4.78, 5) is 10.7. The third-order valence-electron chi connectivity index (χ3n) is 5.07. The van der Waals surface area contributed by atoms with Gasteiger partial charge in [-0.1, -0.05) is 103 Å². The molecule has 0 aliphatic rings. The number of hydrogen-bond donors (Lipinski definition) is 2. The molecule has 24 heavy (non-hydrogen) atoms. The third kappa shape index (κ3) is 15.0. The maximum absolute atomic E-state index is 10.7. The van der Waals surface area contributed by atoms with E-state index in [0.717, 1.165) is 12.8 Å². The van der Waals surface area contributed by atoms with E-state index in [2.05, 4.69) is 6.92 Å². The fourth-order valence-electron chi connectivity index (χ4n) is 3.14. The molecule has 3 nitrogen and oxygen atoms in total. The summed E-state index contributed by atoms with van der Waals surface area (Å²) < 4.78 is 0. The van der Waals surface area contributed by atoms with Crippen LogP contribution in [-0.4, -0.2) is 22.3 Å². The van der Waals surface area contributed by atoms with Gasteiger partial charge in [0.15, 0.2) is 0 Å². The zero-order valence-electron chi connectivity index (χ0n) is 16.3. The molecule has 2 unspecified atom stereocenters. The van der Waals surface area contributed by atoms with Crippen molar-refractivity contribution in [3.8, 4) is 0 Å². The summed E-state index contributed by atoms with van der Waals surface area (Å²) in [5, 5.41) is 18.5. The van der Waals surface area contributed by atoms with Crippen molar-refractivity contribution < 1.29 is 15.0 Å².